The second-order valence-electron chi connectivity index (χ2n) is 9.68. The number of carbonyl (C=O) groups excluding carboxylic acids is 2. The van der Waals surface area contributed by atoms with Gasteiger partial charge in [-0.25, -0.2) is 9.07 Å². The standard InChI is InChI=1S/C32H40FN5O3.C2H6/c1-6-10-11-18-37(17-8-3)32(40)23-14-16-27(25(33)19-23)35-31(39)28-21-24(9-4)38(36-28)29(12-7-2)22-13-15-26(34)30(20-22)41-5;1-2/h7,12-16,19-21H,2,6,8-11,17-18,34H2,1,3-5H3,(H,35,39);1-2H3/b29-12-;. The van der Waals surface area contributed by atoms with Crippen molar-refractivity contribution in [2.75, 3.05) is 31.2 Å². The quantitative estimate of drug-likeness (QED) is 0.114. The van der Waals surface area contributed by atoms with Crippen molar-refractivity contribution in [2.45, 2.75) is 66.7 Å². The molecule has 0 unspecified atom stereocenters. The van der Waals surface area contributed by atoms with Crippen LogP contribution in [0.2, 0.25) is 0 Å². The number of aryl methyl sites for hydroxylation is 1. The van der Waals surface area contributed by atoms with Crippen molar-refractivity contribution < 1.29 is 18.7 Å². The third-order valence-corrected chi connectivity index (χ3v) is 6.69. The number of ether oxygens (including phenoxy) is 1. The Morgan fingerprint density at radius 3 is 2.37 bits per heavy atom. The van der Waals surface area contributed by atoms with Crippen LogP contribution in [0.4, 0.5) is 15.8 Å². The summed E-state index contributed by atoms with van der Waals surface area (Å²) in [6, 6.07) is 11.1. The molecule has 3 aromatic rings. The highest BCUT2D eigenvalue weighted by Crippen LogP contribution is 2.28. The van der Waals surface area contributed by atoms with Crippen molar-refractivity contribution in [1.29, 1.82) is 0 Å². The highest BCUT2D eigenvalue weighted by molar-refractivity contribution is 6.03. The van der Waals surface area contributed by atoms with Crippen molar-refractivity contribution >= 4 is 28.9 Å². The number of nitrogens with one attached hydrogen (secondary N) is 1. The van der Waals surface area contributed by atoms with Gasteiger partial charge in [-0.05, 0) is 61.7 Å². The second kappa shape index (κ2) is 17.5. The lowest BCUT2D eigenvalue weighted by Gasteiger charge is -2.22. The third-order valence-electron chi connectivity index (χ3n) is 6.69. The molecule has 0 saturated carbocycles. The van der Waals surface area contributed by atoms with E-state index in [4.69, 9.17) is 10.5 Å². The molecule has 8 nitrogen and oxygen atoms in total. The molecule has 1 aromatic heterocycles. The van der Waals surface area contributed by atoms with E-state index in [9.17, 15) is 9.59 Å². The first-order valence-electron chi connectivity index (χ1n) is 15.0. The third kappa shape index (κ3) is 9.04. The number of hydrogen-bond acceptors (Lipinski definition) is 5. The number of hydrogen-bond donors (Lipinski definition) is 2. The van der Waals surface area contributed by atoms with E-state index in [2.05, 4.69) is 23.9 Å². The fourth-order valence-electron chi connectivity index (χ4n) is 4.52. The molecule has 0 radical (unpaired) electrons. The summed E-state index contributed by atoms with van der Waals surface area (Å²) in [6.45, 7) is 15.1. The van der Waals surface area contributed by atoms with E-state index < -0.39 is 11.7 Å². The number of amides is 2. The van der Waals surface area contributed by atoms with Gasteiger partial charge < -0.3 is 20.7 Å². The highest BCUT2D eigenvalue weighted by Gasteiger charge is 2.20. The first-order chi connectivity index (χ1) is 20.8. The molecular formula is C34H46FN5O3. The summed E-state index contributed by atoms with van der Waals surface area (Å²) in [5, 5.41) is 7.14. The van der Waals surface area contributed by atoms with Crippen LogP contribution in [0.3, 0.4) is 0 Å². The van der Waals surface area contributed by atoms with E-state index in [0.29, 0.717) is 36.6 Å². The number of methoxy groups -OCH3 is 1. The molecule has 0 atom stereocenters. The lowest BCUT2D eigenvalue weighted by Crippen LogP contribution is -2.32. The fourth-order valence-corrected chi connectivity index (χ4v) is 4.52. The van der Waals surface area contributed by atoms with Crippen LogP contribution in [0.1, 0.15) is 92.4 Å². The van der Waals surface area contributed by atoms with Crippen molar-refractivity contribution in [3.05, 3.63) is 89.5 Å². The summed E-state index contributed by atoms with van der Waals surface area (Å²) in [5.74, 6) is -0.967. The first kappa shape index (κ1) is 34.8. The van der Waals surface area contributed by atoms with Crippen LogP contribution in [0, 0.1) is 5.82 Å². The normalized spacial score (nSPS) is 10.9. The van der Waals surface area contributed by atoms with Crippen molar-refractivity contribution in [1.82, 2.24) is 14.7 Å². The molecule has 0 aliphatic carbocycles. The number of nitrogens with zero attached hydrogens (tertiary/aromatic N) is 3. The number of anilines is 2. The van der Waals surface area contributed by atoms with E-state index in [1.807, 2.05) is 33.8 Å². The number of halogens is 1. The number of carbonyl (C=O) groups is 2. The minimum absolute atomic E-state index is 0.0303. The second-order valence-corrected chi connectivity index (χ2v) is 9.68. The van der Waals surface area contributed by atoms with E-state index in [1.54, 1.807) is 46.0 Å². The number of allylic oxidation sites excluding steroid dienone is 2. The van der Waals surface area contributed by atoms with E-state index in [0.717, 1.165) is 36.9 Å². The van der Waals surface area contributed by atoms with Gasteiger partial charge in [-0.1, -0.05) is 66.2 Å². The summed E-state index contributed by atoms with van der Waals surface area (Å²) in [7, 11) is 1.54. The predicted molar refractivity (Wildman–Crippen MR) is 174 cm³/mol. The van der Waals surface area contributed by atoms with Gasteiger partial charge >= 0.3 is 0 Å². The monoisotopic (exact) mass is 591 g/mol. The summed E-state index contributed by atoms with van der Waals surface area (Å²) in [6.07, 6.45) is 7.79. The van der Waals surface area contributed by atoms with Crippen LogP contribution in [-0.4, -0.2) is 46.7 Å². The number of rotatable bonds is 14. The zero-order chi connectivity index (χ0) is 31.9. The molecule has 0 bridgehead atoms. The van der Waals surface area contributed by atoms with E-state index in [1.165, 1.54) is 19.2 Å². The SMILES string of the molecule is C=C/C=C(/c1ccc(N)c(OC)c1)n1nc(C(=O)Nc2ccc(C(=O)N(CCC)CCCCC)cc2F)cc1CC.CC. The molecule has 0 aliphatic heterocycles. The number of benzene rings is 2. The molecule has 9 heteroatoms. The van der Waals surface area contributed by atoms with Gasteiger partial charge in [-0.3, -0.25) is 9.59 Å². The van der Waals surface area contributed by atoms with Crippen LogP contribution in [-0.2, 0) is 6.42 Å². The Labute approximate surface area is 255 Å². The number of aromatic nitrogens is 2. The van der Waals surface area contributed by atoms with Crippen LogP contribution in [0.15, 0.2) is 61.2 Å². The van der Waals surface area contributed by atoms with Gasteiger partial charge in [0.2, 0.25) is 0 Å². The maximum atomic E-state index is 15.1. The lowest BCUT2D eigenvalue weighted by atomic mass is 10.1. The zero-order valence-corrected chi connectivity index (χ0v) is 26.4. The Balaban J connectivity index is 0.00000316. The molecule has 232 valence electrons. The van der Waals surface area contributed by atoms with Crippen LogP contribution in [0.5, 0.6) is 5.75 Å². The maximum Gasteiger partial charge on any atom is 0.276 e. The molecule has 3 rings (SSSR count). The highest BCUT2D eigenvalue weighted by atomic mass is 19.1. The van der Waals surface area contributed by atoms with E-state index in [-0.39, 0.29) is 22.9 Å². The summed E-state index contributed by atoms with van der Waals surface area (Å²) < 4.78 is 22.1. The Hall–Kier alpha value is -4.40. The van der Waals surface area contributed by atoms with Gasteiger partial charge in [0.1, 0.15) is 11.6 Å². The van der Waals surface area contributed by atoms with Gasteiger partial charge in [-0.2, -0.15) is 5.10 Å². The average molecular weight is 592 g/mol. The minimum Gasteiger partial charge on any atom is -0.495 e. The summed E-state index contributed by atoms with van der Waals surface area (Å²) in [5.41, 5.74) is 9.01. The van der Waals surface area contributed by atoms with Gasteiger partial charge in [0, 0.05) is 29.9 Å². The average Bonchev–Trinajstić information content (AvgIpc) is 3.46. The van der Waals surface area contributed by atoms with E-state index >= 15 is 4.39 Å². The van der Waals surface area contributed by atoms with Gasteiger partial charge in [0.25, 0.3) is 11.8 Å². The number of nitrogen functional groups attached to an aromatic ring is 1. The predicted octanol–water partition coefficient (Wildman–Crippen LogP) is 7.57. The molecule has 0 aliphatic rings. The number of nitrogens with two attached hydrogens (primary N) is 1. The molecule has 2 aromatic carbocycles. The first-order valence-corrected chi connectivity index (χ1v) is 15.0. The van der Waals surface area contributed by atoms with Crippen LogP contribution in [0.25, 0.3) is 5.70 Å². The molecule has 2 amide bonds. The Morgan fingerprint density at radius 2 is 1.77 bits per heavy atom. The van der Waals surface area contributed by atoms with Gasteiger partial charge in [0.05, 0.1) is 24.2 Å². The molecule has 0 fully saturated rings. The summed E-state index contributed by atoms with van der Waals surface area (Å²) >= 11 is 0. The van der Waals surface area contributed by atoms with Crippen molar-refractivity contribution in [3.63, 3.8) is 0 Å². The van der Waals surface area contributed by atoms with Gasteiger partial charge in [-0.15, -0.1) is 0 Å². The largest absolute Gasteiger partial charge is 0.495 e. The van der Waals surface area contributed by atoms with Gasteiger partial charge in [0.15, 0.2) is 5.69 Å². The Kier molecular flexibility index (Phi) is 14.2. The minimum atomic E-state index is -0.689. The fraction of sp³-hybridized carbons (Fsp3) is 0.382. The molecule has 43 heavy (non-hydrogen) atoms. The summed E-state index contributed by atoms with van der Waals surface area (Å²) in [4.78, 5) is 28.0. The maximum absolute atomic E-state index is 15.1. The molecule has 3 N–H and O–H groups in total. The van der Waals surface area contributed by atoms with Crippen molar-refractivity contribution in [3.8, 4) is 5.75 Å². The topological polar surface area (TPSA) is 102 Å². The molecular weight excluding hydrogens is 545 g/mol. The van der Waals surface area contributed by atoms with Crippen LogP contribution >= 0.6 is 0 Å². The number of unbranched alkanes of at least 4 members (excludes halogenated alkanes) is 2. The zero-order valence-electron chi connectivity index (χ0n) is 26.4. The van der Waals surface area contributed by atoms with Crippen molar-refractivity contribution in [2.24, 2.45) is 0 Å². The Morgan fingerprint density at radius 1 is 1.05 bits per heavy atom. The Bertz CT molecular complexity index is 1410. The molecule has 0 saturated heterocycles. The lowest BCUT2D eigenvalue weighted by molar-refractivity contribution is 0.0752. The molecule has 0 spiro atoms. The van der Waals surface area contributed by atoms with Crippen LogP contribution < -0.4 is 15.8 Å². The smallest absolute Gasteiger partial charge is 0.276 e. The molecule has 1 heterocycles.